The van der Waals surface area contributed by atoms with E-state index in [4.69, 9.17) is 0 Å². The predicted octanol–water partition coefficient (Wildman–Crippen LogP) is 5.78. The predicted molar refractivity (Wildman–Crippen MR) is 138 cm³/mol. The van der Waals surface area contributed by atoms with Gasteiger partial charge in [0.25, 0.3) is 0 Å². The highest BCUT2D eigenvalue weighted by atomic mass is 32.1. The van der Waals surface area contributed by atoms with Gasteiger partial charge in [0.1, 0.15) is 17.5 Å². The van der Waals surface area contributed by atoms with Crippen LogP contribution in [-0.2, 0) is 4.79 Å². The molecule has 1 amide bonds. The van der Waals surface area contributed by atoms with Gasteiger partial charge in [-0.1, -0.05) is 18.8 Å². The molecule has 4 rings (SSSR count). The molecule has 0 unspecified atom stereocenters. The molecule has 1 N–H and O–H groups in total. The lowest BCUT2D eigenvalue weighted by molar-refractivity contribution is -0.124. The molecule has 188 valence electrons. The standard InChI is InChI=1S/C27H36N4O3S/c1-18-5-7-19(8-6-18)25(32)31(21-11-9-20(10-12-21)30-17-28-16-29-30)23-15-22(13-14-27(2,3)4)35-24(23)26(33)34/h15-21H,5-12H2,1-4H3,(H,33,34)/t18-,19-,20-,21+. The summed E-state index contributed by atoms with van der Waals surface area (Å²) in [7, 11) is 0. The second kappa shape index (κ2) is 10.5. The molecule has 0 aromatic carbocycles. The van der Waals surface area contributed by atoms with Gasteiger partial charge >= 0.3 is 5.97 Å². The third-order valence-electron chi connectivity index (χ3n) is 7.17. The van der Waals surface area contributed by atoms with E-state index in [1.165, 1.54) is 11.3 Å². The highest BCUT2D eigenvalue weighted by Crippen LogP contribution is 2.40. The number of rotatable bonds is 5. The largest absolute Gasteiger partial charge is 0.477 e. The van der Waals surface area contributed by atoms with E-state index >= 15 is 0 Å². The maximum Gasteiger partial charge on any atom is 0.348 e. The molecule has 0 bridgehead atoms. The quantitative estimate of drug-likeness (QED) is 0.530. The van der Waals surface area contributed by atoms with Crippen LogP contribution in [0.2, 0.25) is 0 Å². The highest BCUT2D eigenvalue weighted by Gasteiger charge is 2.37. The van der Waals surface area contributed by atoms with Crippen molar-refractivity contribution in [2.75, 3.05) is 4.90 Å². The van der Waals surface area contributed by atoms with Crippen LogP contribution in [-0.4, -0.2) is 37.8 Å². The van der Waals surface area contributed by atoms with Crippen molar-refractivity contribution < 1.29 is 14.7 Å². The van der Waals surface area contributed by atoms with Gasteiger partial charge in [0, 0.05) is 17.4 Å². The van der Waals surface area contributed by atoms with E-state index < -0.39 is 5.97 Å². The monoisotopic (exact) mass is 496 g/mol. The van der Waals surface area contributed by atoms with Crippen molar-refractivity contribution in [2.45, 2.75) is 91.1 Å². The summed E-state index contributed by atoms with van der Waals surface area (Å²) in [5.74, 6) is 6.03. The Bertz CT molecular complexity index is 1090. The summed E-state index contributed by atoms with van der Waals surface area (Å²) in [6.07, 6.45) is 10.5. The molecule has 0 saturated heterocycles. The molecule has 0 aliphatic heterocycles. The lowest BCUT2D eigenvalue weighted by Gasteiger charge is -2.39. The van der Waals surface area contributed by atoms with Crippen LogP contribution in [0.4, 0.5) is 5.69 Å². The van der Waals surface area contributed by atoms with Gasteiger partial charge in [0.05, 0.1) is 16.6 Å². The van der Waals surface area contributed by atoms with Gasteiger partial charge in [-0.2, -0.15) is 5.10 Å². The molecule has 2 heterocycles. The third-order valence-corrected chi connectivity index (χ3v) is 8.20. The first kappa shape index (κ1) is 25.4. The van der Waals surface area contributed by atoms with E-state index in [-0.39, 0.29) is 34.2 Å². The fraction of sp³-hybridized carbons (Fsp3) is 0.630. The number of thiophene rings is 1. The molecule has 35 heavy (non-hydrogen) atoms. The van der Waals surface area contributed by atoms with E-state index in [1.807, 2.05) is 36.4 Å². The molecule has 2 aliphatic rings. The van der Waals surface area contributed by atoms with Crippen molar-refractivity contribution in [3.8, 4) is 11.8 Å². The molecule has 2 aromatic rings. The van der Waals surface area contributed by atoms with Crippen LogP contribution in [0.3, 0.4) is 0 Å². The second-order valence-electron chi connectivity index (χ2n) is 11.1. The van der Waals surface area contributed by atoms with Crippen LogP contribution in [0.5, 0.6) is 0 Å². The molecule has 2 aliphatic carbocycles. The zero-order valence-electron chi connectivity index (χ0n) is 21.2. The van der Waals surface area contributed by atoms with Gasteiger partial charge in [-0.3, -0.25) is 4.79 Å². The maximum absolute atomic E-state index is 14.0. The molecule has 7 nitrogen and oxygen atoms in total. The summed E-state index contributed by atoms with van der Waals surface area (Å²) in [6.45, 7) is 8.33. The Morgan fingerprint density at radius 3 is 2.37 bits per heavy atom. The average molecular weight is 497 g/mol. The average Bonchev–Trinajstić information content (AvgIpc) is 3.49. The Kier molecular flexibility index (Phi) is 7.65. The molecule has 0 spiro atoms. The van der Waals surface area contributed by atoms with Gasteiger partial charge in [-0.25, -0.2) is 14.5 Å². The van der Waals surface area contributed by atoms with Crippen LogP contribution >= 0.6 is 11.3 Å². The van der Waals surface area contributed by atoms with E-state index in [0.29, 0.717) is 16.5 Å². The zero-order chi connectivity index (χ0) is 25.2. The van der Waals surface area contributed by atoms with Crippen molar-refractivity contribution in [1.29, 1.82) is 0 Å². The maximum atomic E-state index is 14.0. The number of hydrogen-bond acceptors (Lipinski definition) is 5. The van der Waals surface area contributed by atoms with Crippen LogP contribution < -0.4 is 4.90 Å². The summed E-state index contributed by atoms with van der Waals surface area (Å²) in [6, 6.07) is 2.06. The third kappa shape index (κ3) is 6.13. The van der Waals surface area contributed by atoms with Crippen molar-refractivity contribution >= 4 is 28.9 Å². The fourth-order valence-electron chi connectivity index (χ4n) is 5.21. The first-order valence-corrected chi connectivity index (χ1v) is 13.5. The van der Waals surface area contributed by atoms with E-state index in [2.05, 4.69) is 28.8 Å². The molecule has 8 heteroatoms. The van der Waals surface area contributed by atoms with E-state index in [1.54, 1.807) is 12.7 Å². The highest BCUT2D eigenvalue weighted by molar-refractivity contribution is 7.15. The van der Waals surface area contributed by atoms with Gasteiger partial charge in [-0.15, -0.1) is 11.3 Å². The number of carboxylic acid groups (broad SMARTS) is 1. The molecule has 2 fully saturated rings. The number of amides is 1. The molecule has 0 radical (unpaired) electrons. The first-order valence-electron chi connectivity index (χ1n) is 12.7. The smallest absolute Gasteiger partial charge is 0.348 e. The Labute approximate surface area is 211 Å². The second-order valence-corrected chi connectivity index (χ2v) is 12.2. The van der Waals surface area contributed by atoms with Gasteiger partial charge in [0.2, 0.25) is 5.91 Å². The van der Waals surface area contributed by atoms with Gasteiger partial charge < -0.3 is 10.0 Å². The lowest BCUT2D eigenvalue weighted by Crippen LogP contribution is -2.46. The SMILES string of the molecule is CC(C)(C)C#Cc1cc(N(C(=O)[C@H]2CC[C@H](C)CC2)[C@H]2CC[C@@H](n3cncn3)CC2)c(C(=O)O)s1. The fourth-order valence-corrected chi connectivity index (χ4v) is 6.05. The number of nitrogens with zero attached hydrogens (tertiary/aromatic N) is 4. The number of aromatic nitrogens is 3. The van der Waals surface area contributed by atoms with Gasteiger partial charge in [-0.05, 0) is 84.1 Å². The number of hydrogen-bond donors (Lipinski definition) is 1. The Hall–Kier alpha value is -2.66. The van der Waals surface area contributed by atoms with Crippen LogP contribution in [0.25, 0.3) is 0 Å². The molecule has 2 saturated carbocycles. The summed E-state index contributed by atoms with van der Waals surface area (Å²) >= 11 is 1.17. The molecular weight excluding hydrogens is 460 g/mol. The zero-order valence-corrected chi connectivity index (χ0v) is 22.0. The Balaban J connectivity index is 1.66. The van der Waals surface area contributed by atoms with Crippen LogP contribution in [0, 0.1) is 29.1 Å². The topological polar surface area (TPSA) is 88.3 Å². The normalized spacial score (nSPS) is 24.9. The van der Waals surface area contributed by atoms with Gasteiger partial charge in [0.15, 0.2) is 0 Å². The van der Waals surface area contributed by atoms with Crippen LogP contribution in [0.1, 0.15) is 99.7 Å². The minimum absolute atomic E-state index is 0.0299. The van der Waals surface area contributed by atoms with Crippen molar-refractivity contribution in [3.05, 3.63) is 28.5 Å². The lowest BCUT2D eigenvalue weighted by atomic mass is 9.81. The Morgan fingerprint density at radius 1 is 1.11 bits per heavy atom. The van der Waals surface area contributed by atoms with E-state index in [0.717, 1.165) is 51.4 Å². The van der Waals surface area contributed by atoms with Crippen LogP contribution in [0.15, 0.2) is 18.7 Å². The minimum atomic E-state index is -1.000. The Morgan fingerprint density at radius 2 is 1.80 bits per heavy atom. The summed E-state index contributed by atoms with van der Waals surface area (Å²) < 4.78 is 1.90. The molecule has 0 atom stereocenters. The van der Waals surface area contributed by atoms with Crippen molar-refractivity contribution in [2.24, 2.45) is 17.3 Å². The van der Waals surface area contributed by atoms with Crippen molar-refractivity contribution in [3.63, 3.8) is 0 Å². The first-order chi connectivity index (χ1) is 16.6. The number of anilines is 1. The number of aromatic carboxylic acids is 1. The molecule has 2 aromatic heterocycles. The number of carboxylic acids is 1. The molecular formula is C27H36N4O3S. The summed E-state index contributed by atoms with van der Waals surface area (Å²) in [4.78, 5) is 33.1. The summed E-state index contributed by atoms with van der Waals surface area (Å²) in [5, 5.41) is 14.4. The number of carbonyl (C=O) groups is 2. The van der Waals surface area contributed by atoms with Crippen molar-refractivity contribution in [1.82, 2.24) is 14.8 Å². The number of carbonyl (C=O) groups excluding carboxylic acids is 1. The summed E-state index contributed by atoms with van der Waals surface area (Å²) in [5.41, 5.74) is 0.329. The minimum Gasteiger partial charge on any atom is -0.477 e. The van der Waals surface area contributed by atoms with E-state index in [9.17, 15) is 14.7 Å².